The van der Waals surface area contributed by atoms with Gasteiger partial charge in [0.15, 0.2) is 0 Å². The topological polar surface area (TPSA) is 0 Å². The third-order valence-electron chi connectivity index (χ3n) is 2.11. The molecule has 0 unspecified atom stereocenters. The van der Waals surface area contributed by atoms with Crippen LogP contribution in [0.25, 0.3) is 12.2 Å². The van der Waals surface area contributed by atoms with Crippen LogP contribution in [0.5, 0.6) is 0 Å². The van der Waals surface area contributed by atoms with Crippen molar-refractivity contribution in [1.29, 1.82) is 0 Å². The first kappa shape index (κ1) is 14.7. The number of fused-ring (bicyclic) bond motifs is 1. The Kier molecular flexibility index (Phi) is 8.24. The second-order valence-corrected chi connectivity index (χ2v) is 3.17. The van der Waals surface area contributed by atoms with Crippen molar-refractivity contribution in [2.24, 2.45) is 0 Å². The minimum Gasteiger partial charge on any atom is -0.0801 e. The van der Waals surface area contributed by atoms with Crippen molar-refractivity contribution in [3.63, 3.8) is 0 Å². The maximum atomic E-state index is 2.22. The van der Waals surface area contributed by atoms with Crippen molar-refractivity contribution in [3.8, 4) is 0 Å². The average molecular weight is 216 g/mol. The van der Waals surface area contributed by atoms with Crippen LogP contribution in [-0.2, 0) is 0 Å². The maximum absolute atomic E-state index is 2.22. The standard InChI is InChI=1S/C12H12.2C2H6/c1-10-7-8-11-5-3-2-4-6-12(11)9-10;2*1-2/h3-9H,2H2,1H3;2*1-2H3. The highest BCUT2D eigenvalue weighted by Gasteiger charge is 1.97. The lowest BCUT2D eigenvalue weighted by molar-refractivity contribution is 1.44. The molecule has 0 aromatic heterocycles. The summed E-state index contributed by atoms with van der Waals surface area (Å²) in [6, 6.07) is 6.56. The molecule has 1 aromatic carbocycles. The molecule has 0 saturated carbocycles. The van der Waals surface area contributed by atoms with Gasteiger partial charge in [0.2, 0.25) is 0 Å². The van der Waals surface area contributed by atoms with Crippen LogP contribution in [0.1, 0.15) is 50.8 Å². The van der Waals surface area contributed by atoms with E-state index in [-0.39, 0.29) is 0 Å². The molecule has 0 heteroatoms. The quantitative estimate of drug-likeness (QED) is 0.539. The highest BCUT2D eigenvalue weighted by molar-refractivity contribution is 5.67. The molecule has 0 heterocycles. The monoisotopic (exact) mass is 216 g/mol. The molecule has 0 nitrogen and oxygen atoms in total. The highest BCUT2D eigenvalue weighted by Crippen LogP contribution is 2.18. The van der Waals surface area contributed by atoms with Crippen LogP contribution < -0.4 is 0 Å². The molecule has 1 aliphatic carbocycles. The zero-order valence-electron chi connectivity index (χ0n) is 11.2. The molecule has 0 spiro atoms. The van der Waals surface area contributed by atoms with Gasteiger partial charge < -0.3 is 0 Å². The van der Waals surface area contributed by atoms with Gasteiger partial charge in [-0.15, -0.1) is 0 Å². The van der Waals surface area contributed by atoms with E-state index in [1.54, 1.807) is 0 Å². The van der Waals surface area contributed by atoms with E-state index >= 15 is 0 Å². The summed E-state index contributed by atoms with van der Waals surface area (Å²) in [5, 5.41) is 0. The molecule has 0 bridgehead atoms. The van der Waals surface area contributed by atoms with Crippen molar-refractivity contribution in [1.82, 2.24) is 0 Å². The highest BCUT2D eigenvalue weighted by atomic mass is 14.0. The van der Waals surface area contributed by atoms with Gasteiger partial charge >= 0.3 is 0 Å². The van der Waals surface area contributed by atoms with Crippen LogP contribution in [0.3, 0.4) is 0 Å². The van der Waals surface area contributed by atoms with E-state index in [9.17, 15) is 0 Å². The lowest BCUT2D eigenvalue weighted by Crippen LogP contribution is -1.80. The third kappa shape index (κ3) is 4.48. The molecule has 1 aromatic rings. The number of benzene rings is 1. The number of hydrogen-bond donors (Lipinski definition) is 0. The first-order chi connectivity index (χ1) is 7.86. The van der Waals surface area contributed by atoms with Gasteiger partial charge in [0, 0.05) is 0 Å². The zero-order chi connectivity index (χ0) is 12.4. The lowest BCUT2D eigenvalue weighted by atomic mass is 10.0. The molecule has 0 amide bonds. The van der Waals surface area contributed by atoms with Crippen LogP contribution >= 0.6 is 0 Å². The van der Waals surface area contributed by atoms with E-state index in [1.807, 2.05) is 27.7 Å². The van der Waals surface area contributed by atoms with E-state index in [4.69, 9.17) is 0 Å². The second-order valence-electron chi connectivity index (χ2n) is 3.17. The normalized spacial score (nSPS) is 11.3. The molecule has 88 valence electrons. The van der Waals surface area contributed by atoms with Crippen LogP contribution in [0.4, 0.5) is 0 Å². The SMILES string of the molecule is CC.CC.Cc1ccc2c(c1)C=CCC=C2. The summed E-state index contributed by atoms with van der Waals surface area (Å²) < 4.78 is 0. The van der Waals surface area contributed by atoms with Crippen molar-refractivity contribution in [3.05, 3.63) is 47.0 Å². The minimum atomic E-state index is 1.05. The van der Waals surface area contributed by atoms with E-state index < -0.39 is 0 Å². The van der Waals surface area contributed by atoms with Gasteiger partial charge in [-0.1, -0.05) is 75.8 Å². The fraction of sp³-hybridized carbons (Fsp3) is 0.375. The Morgan fingerprint density at radius 1 is 0.812 bits per heavy atom. The average Bonchev–Trinajstić information content (AvgIpc) is 2.59. The van der Waals surface area contributed by atoms with Crippen molar-refractivity contribution >= 4 is 12.2 Å². The van der Waals surface area contributed by atoms with E-state index in [0.717, 1.165) is 6.42 Å². The van der Waals surface area contributed by atoms with Crippen molar-refractivity contribution in [2.75, 3.05) is 0 Å². The molecule has 16 heavy (non-hydrogen) atoms. The van der Waals surface area contributed by atoms with Gasteiger partial charge in [0.05, 0.1) is 0 Å². The third-order valence-corrected chi connectivity index (χ3v) is 2.11. The van der Waals surface area contributed by atoms with Gasteiger partial charge in [0.25, 0.3) is 0 Å². The molecular weight excluding hydrogens is 192 g/mol. The number of aryl methyl sites for hydroxylation is 1. The summed E-state index contributed by atoms with van der Waals surface area (Å²) in [6.45, 7) is 10.1. The summed E-state index contributed by atoms with van der Waals surface area (Å²) in [4.78, 5) is 0. The van der Waals surface area contributed by atoms with Gasteiger partial charge in [-0.05, 0) is 24.5 Å². The Labute approximate surface area is 101 Å². The van der Waals surface area contributed by atoms with Gasteiger partial charge in [-0.25, -0.2) is 0 Å². The predicted molar refractivity (Wildman–Crippen MR) is 76.6 cm³/mol. The van der Waals surface area contributed by atoms with E-state index in [1.165, 1.54) is 16.7 Å². The molecule has 0 fully saturated rings. The summed E-state index contributed by atoms with van der Waals surface area (Å²) in [7, 11) is 0. The molecule has 0 aliphatic heterocycles. The number of allylic oxidation sites excluding steroid dienone is 2. The van der Waals surface area contributed by atoms with Gasteiger partial charge in [-0.2, -0.15) is 0 Å². The predicted octanol–water partition coefficient (Wildman–Crippen LogP) is 5.48. The van der Waals surface area contributed by atoms with Crippen LogP contribution in [0.15, 0.2) is 30.4 Å². The smallest absolute Gasteiger partial charge is 0.0162 e. The van der Waals surface area contributed by atoms with Crippen LogP contribution in [-0.4, -0.2) is 0 Å². The lowest BCUT2D eigenvalue weighted by Gasteiger charge is -2.00. The minimum absolute atomic E-state index is 1.05. The first-order valence-corrected chi connectivity index (χ1v) is 6.30. The Hall–Kier alpha value is -1.30. The number of rotatable bonds is 0. The molecule has 0 atom stereocenters. The summed E-state index contributed by atoms with van der Waals surface area (Å²) in [5.74, 6) is 0. The molecule has 2 rings (SSSR count). The Balaban J connectivity index is 0.000000509. The number of hydrogen-bond acceptors (Lipinski definition) is 0. The van der Waals surface area contributed by atoms with Gasteiger partial charge in [0.1, 0.15) is 0 Å². The molecule has 0 N–H and O–H groups in total. The maximum Gasteiger partial charge on any atom is -0.0162 e. The summed E-state index contributed by atoms with van der Waals surface area (Å²) >= 11 is 0. The first-order valence-electron chi connectivity index (χ1n) is 6.30. The van der Waals surface area contributed by atoms with Crippen molar-refractivity contribution in [2.45, 2.75) is 41.0 Å². The fourth-order valence-corrected chi connectivity index (χ4v) is 1.46. The molecule has 0 saturated heterocycles. The van der Waals surface area contributed by atoms with Crippen LogP contribution in [0.2, 0.25) is 0 Å². The largest absolute Gasteiger partial charge is 0.0801 e. The molecule has 1 aliphatic rings. The second kappa shape index (κ2) is 8.96. The molecular formula is C16H24. The molecule has 0 radical (unpaired) electrons. The summed E-state index contributed by atoms with van der Waals surface area (Å²) in [6.07, 6.45) is 9.82. The van der Waals surface area contributed by atoms with Crippen molar-refractivity contribution < 1.29 is 0 Å². The van der Waals surface area contributed by atoms with E-state index in [0.29, 0.717) is 0 Å². The summed E-state index contributed by atoms with van der Waals surface area (Å²) in [5.41, 5.74) is 3.99. The Morgan fingerprint density at radius 2 is 1.38 bits per heavy atom. The van der Waals surface area contributed by atoms with Crippen LogP contribution in [0, 0.1) is 6.92 Å². The Morgan fingerprint density at radius 3 is 2.00 bits per heavy atom. The van der Waals surface area contributed by atoms with E-state index in [2.05, 4.69) is 49.4 Å². The fourth-order valence-electron chi connectivity index (χ4n) is 1.46. The Bertz CT molecular complexity index is 343. The zero-order valence-corrected chi connectivity index (χ0v) is 11.2. The van der Waals surface area contributed by atoms with Gasteiger partial charge in [-0.3, -0.25) is 0 Å².